The van der Waals surface area contributed by atoms with E-state index in [1.54, 1.807) is 0 Å². The Hall–Kier alpha value is -1.10. The molecule has 4 N–H and O–H groups in total. The Labute approximate surface area is 141 Å². The molecule has 0 saturated carbocycles. The zero-order valence-corrected chi connectivity index (χ0v) is 14.8. The fourth-order valence-corrected chi connectivity index (χ4v) is 2.61. The molecule has 0 rings (SSSR count). The Bertz CT molecular complexity index is 309. The monoisotopic (exact) mass is 328 g/mol. The predicted octanol–water partition coefficient (Wildman–Crippen LogP) is 3.61. The van der Waals surface area contributed by atoms with Crippen LogP contribution in [0.3, 0.4) is 0 Å². The lowest BCUT2D eigenvalue weighted by molar-refractivity contribution is -0.142. The highest BCUT2D eigenvalue weighted by Gasteiger charge is 2.18. The third kappa shape index (κ3) is 14.2. The number of carboxylic acid groups (broad SMARTS) is 1. The van der Waals surface area contributed by atoms with Gasteiger partial charge in [0.25, 0.3) is 0 Å². The van der Waals surface area contributed by atoms with E-state index < -0.39 is 12.0 Å². The van der Waals surface area contributed by atoms with E-state index >= 15 is 0 Å². The van der Waals surface area contributed by atoms with Crippen molar-refractivity contribution >= 4 is 11.9 Å². The van der Waals surface area contributed by atoms with Crippen LogP contribution in [0.4, 0.5) is 0 Å². The van der Waals surface area contributed by atoms with E-state index in [1.807, 2.05) is 0 Å². The molecule has 5 heteroatoms. The van der Waals surface area contributed by atoms with Gasteiger partial charge in [0.05, 0.1) is 0 Å². The van der Waals surface area contributed by atoms with Crippen molar-refractivity contribution in [1.82, 2.24) is 5.32 Å². The number of rotatable bonds is 16. The van der Waals surface area contributed by atoms with E-state index in [9.17, 15) is 9.59 Å². The maximum absolute atomic E-state index is 11.8. The number of hydrogen-bond donors (Lipinski definition) is 3. The van der Waals surface area contributed by atoms with Crippen molar-refractivity contribution in [2.45, 2.75) is 96.4 Å². The van der Waals surface area contributed by atoms with Crippen LogP contribution < -0.4 is 11.1 Å². The van der Waals surface area contributed by atoms with Crippen molar-refractivity contribution in [3.8, 4) is 0 Å². The Morgan fingerprint density at radius 1 is 0.913 bits per heavy atom. The average molecular weight is 328 g/mol. The molecular weight excluding hydrogens is 292 g/mol. The minimum Gasteiger partial charge on any atom is -0.480 e. The Kier molecular flexibility index (Phi) is 15.0. The molecular formula is C18H36N2O3. The molecule has 0 heterocycles. The summed E-state index contributed by atoms with van der Waals surface area (Å²) in [6.45, 7) is 2.77. The van der Waals surface area contributed by atoms with Gasteiger partial charge in [-0.15, -0.1) is 0 Å². The van der Waals surface area contributed by atoms with Crippen LogP contribution >= 0.6 is 0 Å². The van der Waals surface area contributed by atoms with E-state index in [4.69, 9.17) is 10.8 Å². The number of nitrogens with two attached hydrogens (primary N) is 1. The Morgan fingerprint density at radius 2 is 1.48 bits per heavy atom. The summed E-state index contributed by atoms with van der Waals surface area (Å²) in [6.07, 6.45) is 13.2. The molecule has 0 fully saturated rings. The van der Waals surface area contributed by atoms with Crippen LogP contribution in [0.2, 0.25) is 0 Å². The van der Waals surface area contributed by atoms with Crippen LogP contribution in [0.25, 0.3) is 0 Å². The van der Waals surface area contributed by atoms with Crippen molar-refractivity contribution in [2.75, 3.05) is 6.54 Å². The first kappa shape index (κ1) is 21.9. The third-order valence-corrected chi connectivity index (χ3v) is 4.09. The molecule has 0 aliphatic carbocycles. The van der Waals surface area contributed by atoms with Gasteiger partial charge in [0, 0.05) is 6.42 Å². The summed E-state index contributed by atoms with van der Waals surface area (Å²) >= 11 is 0. The van der Waals surface area contributed by atoms with Gasteiger partial charge in [-0.3, -0.25) is 4.79 Å². The van der Waals surface area contributed by atoms with Gasteiger partial charge < -0.3 is 16.2 Å². The lowest BCUT2D eigenvalue weighted by atomic mass is 10.1. The number of nitrogens with one attached hydrogen (secondary N) is 1. The van der Waals surface area contributed by atoms with Gasteiger partial charge in [0.2, 0.25) is 5.91 Å². The molecule has 0 spiro atoms. The second kappa shape index (κ2) is 15.8. The largest absolute Gasteiger partial charge is 0.480 e. The fraction of sp³-hybridized carbons (Fsp3) is 0.889. The van der Waals surface area contributed by atoms with Gasteiger partial charge in [0.1, 0.15) is 6.04 Å². The molecule has 0 radical (unpaired) electrons. The molecule has 0 aromatic carbocycles. The minimum atomic E-state index is -0.956. The van der Waals surface area contributed by atoms with E-state index in [-0.39, 0.29) is 5.91 Å². The van der Waals surface area contributed by atoms with E-state index in [2.05, 4.69) is 12.2 Å². The van der Waals surface area contributed by atoms with Gasteiger partial charge in [-0.2, -0.15) is 0 Å². The molecule has 5 nitrogen and oxygen atoms in total. The smallest absolute Gasteiger partial charge is 0.326 e. The molecule has 0 aromatic heterocycles. The number of unbranched alkanes of at least 4 members (excludes halogenated alkanes) is 9. The van der Waals surface area contributed by atoms with Crippen molar-refractivity contribution in [1.29, 1.82) is 0 Å². The van der Waals surface area contributed by atoms with E-state index in [0.717, 1.165) is 32.1 Å². The maximum atomic E-state index is 11.8. The summed E-state index contributed by atoms with van der Waals surface area (Å²) in [5.74, 6) is -1.10. The molecule has 0 aliphatic heterocycles. The second-order valence-corrected chi connectivity index (χ2v) is 6.32. The normalized spacial score (nSPS) is 12.1. The van der Waals surface area contributed by atoms with Crippen molar-refractivity contribution in [2.24, 2.45) is 5.73 Å². The molecule has 0 aliphatic rings. The molecule has 0 bridgehead atoms. The first-order valence-corrected chi connectivity index (χ1v) is 9.34. The first-order chi connectivity index (χ1) is 11.1. The summed E-state index contributed by atoms with van der Waals surface area (Å²) in [7, 11) is 0. The quantitative estimate of drug-likeness (QED) is 0.377. The lowest BCUT2D eigenvalue weighted by Gasteiger charge is -2.14. The lowest BCUT2D eigenvalue weighted by Crippen LogP contribution is -2.40. The minimum absolute atomic E-state index is 0.145. The van der Waals surface area contributed by atoms with Crippen LogP contribution in [0.5, 0.6) is 0 Å². The van der Waals surface area contributed by atoms with Crippen LogP contribution in [0.1, 0.15) is 90.4 Å². The van der Waals surface area contributed by atoms with Gasteiger partial charge in [-0.05, 0) is 32.2 Å². The Morgan fingerprint density at radius 3 is 2.00 bits per heavy atom. The summed E-state index contributed by atoms with van der Waals surface area (Å²) in [6, 6.07) is -0.771. The summed E-state index contributed by atoms with van der Waals surface area (Å²) in [5.41, 5.74) is 5.40. The van der Waals surface area contributed by atoms with Crippen LogP contribution in [0, 0.1) is 0 Å². The number of carbonyl (C=O) groups is 2. The van der Waals surface area contributed by atoms with Crippen molar-refractivity contribution in [3.63, 3.8) is 0 Å². The molecule has 136 valence electrons. The highest BCUT2D eigenvalue weighted by Crippen LogP contribution is 2.10. The molecule has 0 unspecified atom stereocenters. The predicted molar refractivity (Wildman–Crippen MR) is 94.3 cm³/mol. The maximum Gasteiger partial charge on any atom is 0.326 e. The summed E-state index contributed by atoms with van der Waals surface area (Å²) < 4.78 is 0. The summed E-state index contributed by atoms with van der Waals surface area (Å²) in [4.78, 5) is 22.9. The summed E-state index contributed by atoms with van der Waals surface area (Å²) in [5, 5.41) is 11.7. The number of amides is 1. The standard InChI is InChI=1S/C18H36N2O3/c1-2-3-4-5-6-7-8-9-10-14-17(21)20-16(18(22)23)13-11-12-15-19/h16H,2-15,19H2,1H3,(H,20,21)(H,22,23)/t16-/m0/s1. The van der Waals surface area contributed by atoms with E-state index in [1.165, 1.54) is 38.5 Å². The zero-order chi connectivity index (χ0) is 17.3. The second-order valence-electron chi connectivity index (χ2n) is 6.32. The van der Waals surface area contributed by atoms with Gasteiger partial charge in [-0.25, -0.2) is 4.79 Å². The number of carbonyl (C=O) groups excluding carboxylic acids is 1. The van der Waals surface area contributed by atoms with Crippen molar-refractivity contribution in [3.05, 3.63) is 0 Å². The molecule has 23 heavy (non-hydrogen) atoms. The van der Waals surface area contributed by atoms with Crippen molar-refractivity contribution < 1.29 is 14.7 Å². The highest BCUT2D eigenvalue weighted by atomic mass is 16.4. The highest BCUT2D eigenvalue weighted by molar-refractivity contribution is 5.83. The van der Waals surface area contributed by atoms with Crippen LogP contribution in [-0.2, 0) is 9.59 Å². The average Bonchev–Trinajstić information content (AvgIpc) is 2.52. The van der Waals surface area contributed by atoms with E-state index in [0.29, 0.717) is 19.4 Å². The fourth-order valence-electron chi connectivity index (χ4n) is 2.61. The molecule has 1 amide bonds. The molecule has 0 aromatic rings. The molecule has 0 saturated heterocycles. The topological polar surface area (TPSA) is 92.4 Å². The number of carboxylic acids is 1. The number of hydrogen-bond acceptors (Lipinski definition) is 3. The zero-order valence-electron chi connectivity index (χ0n) is 14.8. The third-order valence-electron chi connectivity index (χ3n) is 4.09. The first-order valence-electron chi connectivity index (χ1n) is 9.34. The number of aliphatic carboxylic acids is 1. The SMILES string of the molecule is CCCCCCCCCCCC(=O)N[C@@H](CCCCN)C(=O)O. The van der Waals surface area contributed by atoms with Gasteiger partial charge in [0.15, 0.2) is 0 Å². The van der Waals surface area contributed by atoms with Crippen LogP contribution in [-0.4, -0.2) is 29.6 Å². The Balaban J connectivity index is 3.61. The van der Waals surface area contributed by atoms with Gasteiger partial charge in [-0.1, -0.05) is 58.3 Å². The van der Waals surface area contributed by atoms with Gasteiger partial charge >= 0.3 is 5.97 Å². The van der Waals surface area contributed by atoms with Crippen LogP contribution in [0.15, 0.2) is 0 Å². The molecule has 1 atom stereocenters.